The average Bonchev–Trinajstić information content (AvgIpc) is 2.98. The first kappa shape index (κ1) is 19.3. The van der Waals surface area contributed by atoms with Crippen LogP contribution in [0.15, 0.2) is 23.1 Å². The van der Waals surface area contributed by atoms with Crippen molar-refractivity contribution in [2.75, 3.05) is 23.0 Å². The summed E-state index contributed by atoms with van der Waals surface area (Å²) in [4.78, 5) is 0.0681. The number of piperazine rings is 1. The minimum atomic E-state index is -4.05. The first-order valence-electron chi connectivity index (χ1n) is 8.67. The molecule has 27 heavy (non-hydrogen) atoms. The number of sulfone groups is 2. The molecular weight excluding hydrogens is 412 g/mol. The van der Waals surface area contributed by atoms with Gasteiger partial charge in [-0.1, -0.05) is 6.07 Å². The lowest BCUT2D eigenvalue weighted by Crippen LogP contribution is -2.67. The molecule has 0 aliphatic carbocycles. The lowest BCUT2D eigenvalue weighted by Gasteiger charge is -2.43. The minimum absolute atomic E-state index is 0.0681. The van der Waals surface area contributed by atoms with Crippen LogP contribution in [-0.4, -0.2) is 76.7 Å². The number of nitrogens with zero attached hydrogens (tertiary/aromatic N) is 1. The Balaban J connectivity index is 1.84. The molecule has 4 atom stereocenters. The monoisotopic (exact) mass is 434 g/mol. The van der Waals surface area contributed by atoms with Crippen LogP contribution in [0.4, 0.5) is 0 Å². The maximum absolute atomic E-state index is 13.5. The number of aryl methyl sites for hydroxylation is 2. The number of nitrogens with one attached hydrogen (secondary N) is 1. The highest BCUT2D eigenvalue weighted by Crippen LogP contribution is 2.36. The van der Waals surface area contributed by atoms with E-state index in [4.69, 9.17) is 0 Å². The molecule has 3 aliphatic rings. The van der Waals surface area contributed by atoms with Crippen molar-refractivity contribution in [3.63, 3.8) is 0 Å². The van der Waals surface area contributed by atoms with Crippen molar-refractivity contribution in [1.82, 2.24) is 9.62 Å². The van der Waals surface area contributed by atoms with Gasteiger partial charge in [-0.05, 0) is 37.1 Å². The molecule has 0 radical (unpaired) electrons. The molecule has 0 aromatic heterocycles. The van der Waals surface area contributed by atoms with Crippen molar-refractivity contribution in [3.8, 4) is 0 Å². The van der Waals surface area contributed by atoms with Crippen LogP contribution in [-0.2, 0) is 29.7 Å². The Bertz CT molecular complexity index is 1060. The molecule has 1 aromatic rings. The summed E-state index contributed by atoms with van der Waals surface area (Å²) >= 11 is 0. The van der Waals surface area contributed by atoms with Crippen LogP contribution in [0.1, 0.15) is 11.1 Å². The number of benzene rings is 1. The Kier molecular flexibility index (Phi) is 4.29. The molecule has 0 bridgehead atoms. The van der Waals surface area contributed by atoms with Crippen molar-refractivity contribution in [3.05, 3.63) is 29.3 Å². The van der Waals surface area contributed by atoms with Gasteiger partial charge in [-0.2, -0.15) is 4.31 Å². The third kappa shape index (κ3) is 3.23. The Hall–Kier alpha value is -1.01. The summed E-state index contributed by atoms with van der Waals surface area (Å²) in [6.07, 6.45) is 0. The molecule has 1 N–H and O–H groups in total. The van der Waals surface area contributed by atoms with Gasteiger partial charge < -0.3 is 5.32 Å². The van der Waals surface area contributed by atoms with E-state index in [1.807, 2.05) is 6.92 Å². The van der Waals surface area contributed by atoms with E-state index in [1.165, 1.54) is 10.4 Å². The summed E-state index contributed by atoms with van der Waals surface area (Å²) in [7, 11) is -10.8. The predicted octanol–water partition coefficient (Wildman–Crippen LogP) is -0.771. The summed E-state index contributed by atoms with van der Waals surface area (Å²) in [5.74, 6) is -0.949. The molecule has 0 saturated carbocycles. The number of hydrogen-bond donors (Lipinski definition) is 1. The van der Waals surface area contributed by atoms with Crippen molar-refractivity contribution >= 4 is 29.7 Å². The number of rotatable bonds is 2. The fourth-order valence-electron chi connectivity index (χ4n) is 4.35. The van der Waals surface area contributed by atoms with Crippen molar-refractivity contribution in [2.45, 2.75) is 42.9 Å². The summed E-state index contributed by atoms with van der Waals surface area (Å²) in [6, 6.07) is 1.99. The highest BCUT2D eigenvalue weighted by molar-refractivity contribution is 7.92. The van der Waals surface area contributed by atoms with Crippen LogP contribution < -0.4 is 5.32 Å². The fourth-order valence-corrected chi connectivity index (χ4v) is 10.3. The summed E-state index contributed by atoms with van der Waals surface area (Å²) in [6.45, 7) is 3.67. The molecule has 3 saturated heterocycles. The Morgan fingerprint density at radius 2 is 1.41 bits per heavy atom. The Morgan fingerprint density at radius 1 is 0.889 bits per heavy atom. The summed E-state index contributed by atoms with van der Waals surface area (Å²) in [5, 5.41) is 3.10. The first-order valence-corrected chi connectivity index (χ1v) is 13.8. The first-order chi connectivity index (χ1) is 12.4. The third-order valence-corrected chi connectivity index (χ3v) is 11.2. The van der Waals surface area contributed by atoms with E-state index >= 15 is 0 Å². The molecule has 0 unspecified atom stereocenters. The van der Waals surface area contributed by atoms with Crippen molar-refractivity contribution in [1.29, 1.82) is 0 Å². The zero-order chi connectivity index (χ0) is 19.8. The molecule has 11 heteroatoms. The van der Waals surface area contributed by atoms with Gasteiger partial charge in [0.1, 0.15) is 0 Å². The second kappa shape index (κ2) is 5.99. The second-order valence-corrected chi connectivity index (χ2v) is 13.9. The highest BCUT2D eigenvalue weighted by atomic mass is 32.2. The van der Waals surface area contributed by atoms with Gasteiger partial charge in [-0.3, -0.25) is 0 Å². The number of sulfonamides is 1. The molecule has 4 rings (SSSR count). The van der Waals surface area contributed by atoms with E-state index in [9.17, 15) is 25.3 Å². The molecule has 150 valence electrons. The predicted molar refractivity (Wildman–Crippen MR) is 101 cm³/mol. The third-order valence-electron chi connectivity index (χ3n) is 5.78. The van der Waals surface area contributed by atoms with Crippen LogP contribution in [0, 0.1) is 13.8 Å². The lowest BCUT2D eigenvalue weighted by molar-refractivity contribution is 0.160. The van der Waals surface area contributed by atoms with Crippen LogP contribution in [0.25, 0.3) is 0 Å². The maximum atomic E-state index is 13.5. The molecular formula is C16H22N2O6S3. The van der Waals surface area contributed by atoms with Gasteiger partial charge in [0.2, 0.25) is 10.0 Å². The quantitative estimate of drug-likeness (QED) is 0.649. The smallest absolute Gasteiger partial charge is 0.243 e. The zero-order valence-corrected chi connectivity index (χ0v) is 17.4. The standard InChI is InChI=1S/C16H22N2O6S3/c1-10-3-4-12(5-11(10)2)27(23,24)18-15-8-25(19,20)6-13(15)17-14-7-26(21,22)9-16(14)18/h3-5,13-17H,6-9H2,1-2H3/t13-,14+,15+,16-. The van der Waals surface area contributed by atoms with E-state index < -0.39 is 53.9 Å². The molecule has 3 fully saturated rings. The van der Waals surface area contributed by atoms with Gasteiger partial charge >= 0.3 is 0 Å². The van der Waals surface area contributed by atoms with E-state index in [0.717, 1.165) is 11.1 Å². The normalized spacial score (nSPS) is 34.9. The van der Waals surface area contributed by atoms with E-state index in [-0.39, 0.29) is 27.9 Å². The Labute approximate surface area is 159 Å². The average molecular weight is 435 g/mol. The SMILES string of the molecule is Cc1ccc(S(=O)(=O)N2[C@@H]3CS(=O)(=O)C[C@@H]3N[C@@H]3CS(=O)(=O)C[C@@H]32)cc1C. The van der Waals surface area contributed by atoms with Gasteiger partial charge in [0, 0.05) is 12.1 Å². The van der Waals surface area contributed by atoms with Gasteiger partial charge in [0.25, 0.3) is 0 Å². The topological polar surface area (TPSA) is 118 Å². The van der Waals surface area contributed by atoms with Crippen LogP contribution in [0.5, 0.6) is 0 Å². The highest BCUT2D eigenvalue weighted by Gasteiger charge is 2.57. The molecule has 8 nitrogen and oxygen atoms in total. The minimum Gasteiger partial charge on any atom is -0.306 e. The van der Waals surface area contributed by atoms with Gasteiger partial charge in [0.05, 0.1) is 40.0 Å². The van der Waals surface area contributed by atoms with E-state index in [1.54, 1.807) is 19.1 Å². The summed E-state index contributed by atoms with van der Waals surface area (Å²) in [5.41, 5.74) is 1.74. The molecule has 3 heterocycles. The fraction of sp³-hybridized carbons (Fsp3) is 0.625. The van der Waals surface area contributed by atoms with Crippen LogP contribution in [0.2, 0.25) is 0 Å². The van der Waals surface area contributed by atoms with Gasteiger partial charge in [0.15, 0.2) is 19.7 Å². The second-order valence-electron chi connectivity index (χ2n) is 7.75. The lowest BCUT2D eigenvalue weighted by atomic mass is 10.0. The molecule has 3 aliphatic heterocycles. The van der Waals surface area contributed by atoms with Gasteiger partial charge in [-0.15, -0.1) is 0 Å². The molecule has 0 amide bonds. The number of hydrogen-bond acceptors (Lipinski definition) is 7. The van der Waals surface area contributed by atoms with Crippen molar-refractivity contribution < 1.29 is 25.3 Å². The van der Waals surface area contributed by atoms with Gasteiger partial charge in [-0.25, -0.2) is 25.3 Å². The molecule has 1 aromatic carbocycles. The summed E-state index contributed by atoms with van der Waals surface area (Å²) < 4.78 is 76.8. The Morgan fingerprint density at radius 3 is 1.89 bits per heavy atom. The van der Waals surface area contributed by atoms with Crippen LogP contribution >= 0.6 is 0 Å². The largest absolute Gasteiger partial charge is 0.306 e. The van der Waals surface area contributed by atoms with Crippen molar-refractivity contribution in [2.24, 2.45) is 0 Å². The van der Waals surface area contributed by atoms with E-state index in [0.29, 0.717) is 0 Å². The molecule has 0 spiro atoms. The maximum Gasteiger partial charge on any atom is 0.243 e. The zero-order valence-electron chi connectivity index (χ0n) is 15.0. The van der Waals surface area contributed by atoms with Crippen LogP contribution in [0.3, 0.4) is 0 Å². The van der Waals surface area contributed by atoms with E-state index in [2.05, 4.69) is 5.32 Å². The number of fused-ring (bicyclic) bond motifs is 2.